The molecular formula is C22H24ClN5OS. The molecule has 0 radical (unpaired) electrons. The molecule has 1 saturated heterocycles. The van der Waals surface area contributed by atoms with E-state index in [1.807, 2.05) is 56.3 Å². The molecular weight excluding hydrogens is 418 g/mol. The average Bonchev–Trinajstić information content (AvgIpc) is 3.22. The van der Waals surface area contributed by atoms with Crippen molar-refractivity contribution in [2.75, 3.05) is 42.9 Å². The molecule has 6 nitrogen and oxygen atoms in total. The number of hydrogen-bond donors (Lipinski definition) is 1. The minimum Gasteiger partial charge on any atom is -0.344 e. The van der Waals surface area contributed by atoms with E-state index in [0.717, 1.165) is 58.7 Å². The fourth-order valence-corrected chi connectivity index (χ4v) is 4.79. The summed E-state index contributed by atoms with van der Waals surface area (Å²) < 4.78 is 0. The second-order valence-electron chi connectivity index (χ2n) is 7.45. The lowest BCUT2D eigenvalue weighted by atomic mass is 10.1. The molecule has 4 rings (SSSR count). The first-order chi connectivity index (χ1) is 14.5. The van der Waals surface area contributed by atoms with E-state index in [1.165, 1.54) is 0 Å². The maximum Gasteiger partial charge on any atom is 0.238 e. The lowest BCUT2D eigenvalue weighted by Gasteiger charge is -2.33. The molecule has 1 aliphatic rings. The number of hydrogen-bond acceptors (Lipinski definition) is 6. The second-order valence-corrected chi connectivity index (χ2v) is 8.81. The number of rotatable bonds is 5. The van der Waals surface area contributed by atoms with Gasteiger partial charge in [0.05, 0.1) is 11.6 Å². The highest BCUT2D eigenvalue weighted by molar-refractivity contribution is 7.18. The molecule has 0 atom stereocenters. The first-order valence-corrected chi connectivity index (χ1v) is 11.1. The van der Waals surface area contributed by atoms with Gasteiger partial charge in [-0.05, 0) is 31.0 Å². The Morgan fingerprint density at radius 2 is 1.73 bits per heavy atom. The monoisotopic (exact) mass is 441 g/mol. The van der Waals surface area contributed by atoms with Crippen LogP contribution in [0.5, 0.6) is 0 Å². The molecule has 0 spiro atoms. The lowest BCUT2D eigenvalue weighted by molar-refractivity contribution is -0.117. The number of nitrogens with one attached hydrogen (secondary N) is 1. The number of aryl methyl sites for hydroxylation is 2. The topological polar surface area (TPSA) is 61.4 Å². The van der Waals surface area contributed by atoms with Crippen LogP contribution in [0.1, 0.15) is 11.1 Å². The zero-order chi connectivity index (χ0) is 21.1. The molecule has 0 bridgehead atoms. The van der Waals surface area contributed by atoms with Crippen molar-refractivity contribution < 1.29 is 4.79 Å². The van der Waals surface area contributed by atoms with Gasteiger partial charge >= 0.3 is 0 Å². The number of para-hydroxylation sites is 1. The van der Waals surface area contributed by atoms with Crippen molar-refractivity contribution in [2.24, 2.45) is 0 Å². The number of benzene rings is 2. The summed E-state index contributed by atoms with van der Waals surface area (Å²) in [5.74, 6) is 0.0257. The Balaban J connectivity index is 1.32. The summed E-state index contributed by atoms with van der Waals surface area (Å²) in [6, 6.07) is 13.7. The first-order valence-electron chi connectivity index (χ1n) is 9.93. The number of amides is 1. The summed E-state index contributed by atoms with van der Waals surface area (Å²) in [7, 11) is 0. The Bertz CT molecular complexity index is 1030. The molecule has 3 aromatic rings. The minimum atomic E-state index is 0.0257. The molecule has 2 aromatic carbocycles. The van der Waals surface area contributed by atoms with Crippen LogP contribution in [0.25, 0.3) is 10.6 Å². The molecule has 30 heavy (non-hydrogen) atoms. The predicted octanol–water partition coefficient (Wildman–Crippen LogP) is 4.24. The molecule has 156 valence electrons. The van der Waals surface area contributed by atoms with Crippen LogP contribution >= 0.6 is 22.9 Å². The SMILES string of the molecule is Cc1cccc(C)c1NC(=O)CN1CCN(c2nnc(-c3ccccc3Cl)s2)CC1. The Labute approximate surface area is 185 Å². The van der Waals surface area contributed by atoms with E-state index in [9.17, 15) is 4.79 Å². The molecule has 8 heteroatoms. The van der Waals surface area contributed by atoms with E-state index >= 15 is 0 Å². The van der Waals surface area contributed by atoms with Crippen molar-refractivity contribution in [1.29, 1.82) is 0 Å². The smallest absolute Gasteiger partial charge is 0.238 e. The molecule has 1 fully saturated rings. The molecule has 1 aromatic heterocycles. The van der Waals surface area contributed by atoms with Gasteiger partial charge in [-0.2, -0.15) is 0 Å². The zero-order valence-electron chi connectivity index (χ0n) is 17.1. The van der Waals surface area contributed by atoms with E-state index in [4.69, 9.17) is 11.6 Å². The van der Waals surface area contributed by atoms with E-state index < -0.39 is 0 Å². The third kappa shape index (κ3) is 4.64. The van der Waals surface area contributed by atoms with Gasteiger partial charge in [-0.15, -0.1) is 10.2 Å². The van der Waals surface area contributed by atoms with Gasteiger partial charge in [-0.1, -0.05) is 59.3 Å². The van der Waals surface area contributed by atoms with Crippen LogP contribution in [0.15, 0.2) is 42.5 Å². The number of aromatic nitrogens is 2. The second kappa shape index (κ2) is 9.12. The van der Waals surface area contributed by atoms with Crippen LogP contribution in [0.2, 0.25) is 5.02 Å². The van der Waals surface area contributed by atoms with Crippen molar-refractivity contribution in [3.05, 3.63) is 58.6 Å². The highest BCUT2D eigenvalue weighted by atomic mass is 35.5. The number of nitrogens with zero attached hydrogens (tertiary/aromatic N) is 4. The van der Waals surface area contributed by atoms with Gasteiger partial charge in [0.1, 0.15) is 0 Å². The van der Waals surface area contributed by atoms with Crippen LogP contribution in [0.3, 0.4) is 0 Å². The quantitative estimate of drug-likeness (QED) is 0.641. The van der Waals surface area contributed by atoms with Crippen molar-refractivity contribution in [1.82, 2.24) is 15.1 Å². The van der Waals surface area contributed by atoms with E-state index in [0.29, 0.717) is 11.6 Å². The van der Waals surface area contributed by atoms with Gasteiger partial charge in [0.15, 0.2) is 5.01 Å². The number of halogens is 1. The number of carbonyl (C=O) groups excluding carboxylic acids is 1. The number of piperazine rings is 1. The number of anilines is 2. The van der Waals surface area contributed by atoms with E-state index in [-0.39, 0.29) is 5.91 Å². The summed E-state index contributed by atoms with van der Waals surface area (Å²) in [6.45, 7) is 7.66. The Hall–Kier alpha value is -2.48. The summed E-state index contributed by atoms with van der Waals surface area (Å²) in [5.41, 5.74) is 3.99. The van der Waals surface area contributed by atoms with Gasteiger partial charge in [-0.3, -0.25) is 9.69 Å². The van der Waals surface area contributed by atoms with Crippen LogP contribution in [-0.4, -0.2) is 53.7 Å². The standard InChI is InChI=1S/C22H24ClN5OS/c1-15-6-5-7-16(2)20(15)24-19(29)14-27-10-12-28(13-11-27)22-26-25-21(30-22)17-8-3-4-9-18(17)23/h3-9H,10-14H2,1-2H3,(H,24,29). The van der Waals surface area contributed by atoms with E-state index in [2.05, 4.69) is 25.3 Å². The normalized spacial score (nSPS) is 14.7. The fourth-order valence-electron chi connectivity index (χ4n) is 3.58. The molecule has 0 aliphatic carbocycles. The molecule has 0 saturated carbocycles. The number of carbonyl (C=O) groups is 1. The summed E-state index contributed by atoms with van der Waals surface area (Å²) in [6.07, 6.45) is 0. The largest absolute Gasteiger partial charge is 0.344 e. The molecule has 1 aliphatic heterocycles. The van der Waals surface area contributed by atoms with Crippen LogP contribution in [0.4, 0.5) is 10.8 Å². The molecule has 1 N–H and O–H groups in total. The average molecular weight is 442 g/mol. The summed E-state index contributed by atoms with van der Waals surface area (Å²) >= 11 is 7.83. The van der Waals surface area contributed by atoms with Gasteiger partial charge < -0.3 is 10.2 Å². The Morgan fingerprint density at radius 3 is 2.43 bits per heavy atom. The van der Waals surface area contributed by atoms with Gasteiger partial charge in [0.2, 0.25) is 11.0 Å². The van der Waals surface area contributed by atoms with Crippen LogP contribution < -0.4 is 10.2 Å². The first kappa shape index (κ1) is 20.8. The third-order valence-corrected chi connectivity index (χ3v) is 6.62. The molecule has 2 heterocycles. The van der Waals surface area contributed by atoms with Crippen molar-refractivity contribution >= 4 is 39.7 Å². The fraction of sp³-hybridized carbons (Fsp3) is 0.318. The van der Waals surface area contributed by atoms with Crippen LogP contribution in [0, 0.1) is 13.8 Å². The maximum atomic E-state index is 12.5. The third-order valence-electron chi connectivity index (χ3n) is 5.27. The van der Waals surface area contributed by atoms with Crippen molar-refractivity contribution in [3.63, 3.8) is 0 Å². The lowest BCUT2D eigenvalue weighted by Crippen LogP contribution is -2.48. The Morgan fingerprint density at radius 1 is 1.03 bits per heavy atom. The van der Waals surface area contributed by atoms with Gasteiger partial charge in [0.25, 0.3) is 0 Å². The van der Waals surface area contributed by atoms with Gasteiger partial charge in [0, 0.05) is 37.4 Å². The highest BCUT2D eigenvalue weighted by Crippen LogP contribution is 2.33. The highest BCUT2D eigenvalue weighted by Gasteiger charge is 2.22. The predicted molar refractivity (Wildman–Crippen MR) is 124 cm³/mol. The molecule has 0 unspecified atom stereocenters. The van der Waals surface area contributed by atoms with Crippen molar-refractivity contribution in [3.8, 4) is 10.6 Å². The molecule has 1 amide bonds. The van der Waals surface area contributed by atoms with E-state index in [1.54, 1.807) is 11.3 Å². The van der Waals surface area contributed by atoms with Crippen LogP contribution in [-0.2, 0) is 4.79 Å². The minimum absolute atomic E-state index is 0.0257. The Kier molecular flexibility index (Phi) is 6.32. The summed E-state index contributed by atoms with van der Waals surface area (Å²) in [4.78, 5) is 16.9. The summed E-state index contributed by atoms with van der Waals surface area (Å²) in [5, 5.41) is 14.1. The van der Waals surface area contributed by atoms with Gasteiger partial charge in [-0.25, -0.2) is 0 Å². The zero-order valence-corrected chi connectivity index (χ0v) is 18.6. The maximum absolute atomic E-state index is 12.5. The van der Waals surface area contributed by atoms with Crippen molar-refractivity contribution in [2.45, 2.75) is 13.8 Å².